The molecule has 2 aliphatic rings. The van der Waals surface area contributed by atoms with Crippen LogP contribution in [0.3, 0.4) is 0 Å². The molecular formula is C36H43ClN8O4. The number of hydrogen-bond donors (Lipinski definition) is 5. The third kappa shape index (κ3) is 7.60. The molecule has 1 saturated heterocycles. The minimum atomic E-state index is -0.376. The number of carbonyl (C=O) groups is 1. The van der Waals surface area contributed by atoms with Gasteiger partial charge in [-0.1, -0.05) is 56.6 Å². The number of nitrogens with one attached hydrogen (secondary N) is 4. The number of aromatic nitrogens is 3. The van der Waals surface area contributed by atoms with E-state index in [2.05, 4.69) is 31.4 Å². The molecule has 4 aromatic rings. The fraction of sp³-hybridized carbons (Fsp3) is 0.389. The van der Waals surface area contributed by atoms with Gasteiger partial charge in [0.25, 0.3) is 0 Å². The normalized spacial score (nSPS) is 17.4. The van der Waals surface area contributed by atoms with Gasteiger partial charge in [0.05, 0.1) is 35.2 Å². The monoisotopic (exact) mass is 686 g/mol. The molecule has 0 spiro atoms. The molecule has 1 aliphatic carbocycles. The first-order valence-corrected chi connectivity index (χ1v) is 17.0. The highest BCUT2D eigenvalue weighted by atomic mass is 35.5. The van der Waals surface area contributed by atoms with Gasteiger partial charge in [0.15, 0.2) is 0 Å². The summed E-state index contributed by atoms with van der Waals surface area (Å²) in [5.41, 5.74) is 3.32. The van der Waals surface area contributed by atoms with Gasteiger partial charge in [0.2, 0.25) is 5.96 Å². The molecule has 49 heavy (non-hydrogen) atoms. The van der Waals surface area contributed by atoms with E-state index >= 15 is 0 Å². The van der Waals surface area contributed by atoms with Crippen LogP contribution in [0.5, 0.6) is 11.5 Å². The standard InChI is InChI=1S/C36H43ClN8O4/c1-36(2,3)31-21-33(45(42-31)23-10-12-27(37)30(20-23)48-19-18-46)41-35(47)40-28-13-14-29(26-9-5-4-8-25(26)28)49-24-11-15-32(38)44(22-24)34(39)43-16-6-7-17-43/h4-5,8-12,15,20-22,28-29,38-39,46H,6-7,13-14,16-19H2,1-3H3,(H2,40,41,47)/t28-,29+/m0/s1. The van der Waals surface area contributed by atoms with Gasteiger partial charge >= 0.3 is 6.03 Å². The molecule has 12 nitrogen and oxygen atoms in total. The minimum Gasteiger partial charge on any atom is -0.490 e. The predicted octanol–water partition coefficient (Wildman–Crippen LogP) is 6.13. The lowest BCUT2D eigenvalue weighted by atomic mass is 9.85. The SMILES string of the molecule is CC(C)(C)c1cc(NC(=O)N[C@H]2CC[C@@H](Oc3ccc(=N)n(C(=N)N4CCCC4)c3)c3ccccc32)n(-c2ccc(Cl)c(OCCO)c2)n1. The third-order valence-corrected chi connectivity index (χ3v) is 9.11. The second kappa shape index (κ2) is 14.4. The average Bonchev–Trinajstić information content (AvgIpc) is 3.77. The number of anilines is 1. The molecule has 1 aliphatic heterocycles. The number of hydrogen-bond acceptors (Lipinski definition) is 7. The Morgan fingerprint density at radius 3 is 2.55 bits per heavy atom. The number of likely N-dealkylation sites (tertiary alicyclic amines) is 1. The van der Waals surface area contributed by atoms with Crippen molar-refractivity contribution in [2.24, 2.45) is 0 Å². The summed E-state index contributed by atoms with van der Waals surface area (Å²) >= 11 is 6.33. The first-order valence-electron chi connectivity index (χ1n) is 16.6. The largest absolute Gasteiger partial charge is 0.490 e. The third-order valence-electron chi connectivity index (χ3n) is 8.80. The first-order chi connectivity index (χ1) is 23.5. The predicted molar refractivity (Wildman–Crippen MR) is 188 cm³/mol. The molecule has 2 amide bonds. The van der Waals surface area contributed by atoms with E-state index in [0.717, 1.165) is 42.8 Å². The summed E-state index contributed by atoms with van der Waals surface area (Å²) in [4.78, 5) is 15.6. The van der Waals surface area contributed by atoms with Gasteiger partial charge in [-0.3, -0.25) is 20.7 Å². The van der Waals surface area contributed by atoms with Gasteiger partial charge < -0.3 is 24.8 Å². The Morgan fingerprint density at radius 2 is 1.82 bits per heavy atom. The number of nitrogens with zero attached hydrogens (tertiary/aromatic N) is 4. The van der Waals surface area contributed by atoms with Gasteiger partial charge in [0, 0.05) is 30.6 Å². The van der Waals surface area contributed by atoms with E-state index in [0.29, 0.717) is 40.9 Å². The van der Waals surface area contributed by atoms with Crippen LogP contribution >= 0.6 is 11.6 Å². The van der Waals surface area contributed by atoms with Crippen molar-refractivity contribution in [3.8, 4) is 17.2 Å². The zero-order valence-corrected chi connectivity index (χ0v) is 28.8. The van der Waals surface area contributed by atoms with E-state index in [4.69, 9.17) is 37.0 Å². The Bertz CT molecular complexity index is 1890. The molecule has 6 rings (SSSR count). The van der Waals surface area contributed by atoms with Crippen LogP contribution in [0.1, 0.15) is 75.4 Å². The highest BCUT2D eigenvalue weighted by Gasteiger charge is 2.30. The van der Waals surface area contributed by atoms with E-state index in [-0.39, 0.29) is 48.3 Å². The van der Waals surface area contributed by atoms with Gasteiger partial charge in [0.1, 0.15) is 35.5 Å². The quantitative estimate of drug-likeness (QED) is 0.111. The summed E-state index contributed by atoms with van der Waals surface area (Å²) in [6.07, 6.45) is 4.86. The second-order valence-corrected chi connectivity index (χ2v) is 13.8. The van der Waals surface area contributed by atoms with Crippen LogP contribution in [0, 0.1) is 10.8 Å². The van der Waals surface area contributed by atoms with Crippen molar-refractivity contribution >= 4 is 29.4 Å². The molecule has 0 saturated carbocycles. The summed E-state index contributed by atoms with van der Waals surface area (Å²) in [5, 5.41) is 37.6. The number of amides is 2. The highest BCUT2D eigenvalue weighted by molar-refractivity contribution is 6.32. The Hall–Kier alpha value is -4.81. The molecule has 0 unspecified atom stereocenters. The fourth-order valence-electron chi connectivity index (χ4n) is 6.23. The number of carbonyl (C=O) groups excluding carboxylic acids is 1. The van der Waals surface area contributed by atoms with Crippen molar-refractivity contribution in [2.45, 2.75) is 64.0 Å². The number of fused-ring (bicyclic) bond motifs is 1. The first kappa shape index (κ1) is 34.1. The summed E-state index contributed by atoms with van der Waals surface area (Å²) < 4.78 is 15.3. The number of aliphatic hydroxyl groups is 1. The molecule has 13 heteroatoms. The van der Waals surface area contributed by atoms with Crippen molar-refractivity contribution in [1.82, 2.24) is 24.6 Å². The molecule has 258 valence electrons. The molecular weight excluding hydrogens is 644 g/mol. The van der Waals surface area contributed by atoms with Crippen molar-refractivity contribution in [3.63, 3.8) is 0 Å². The number of rotatable bonds is 8. The molecule has 5 N–H and O–H groups in total. The van der Waals surface area contributed by atoms with E-state index in [1.807, 2.05) is 35.2 Å². The zero-order valence-electron chi connectivity index (χ0n) is 28.0. The Balaban J connectivity index is 1.20. The van der Waals surface area contributed by atoms with Crippen molar-refractivity contribution in [1.29, 1.82) is 10.8 Å². The van der Waals surface area contributed by atoms with Crippen LogP contribution in [0.15, 0.2) is 66.9 Å². The Kier molecular flexibility index (Phi) is 9.98. The lowest BCUT2D eigenvalue weighted by molar-refractivity contribution is 0.171. The summed E-state index contributed by atoms with van der Waals surface area (Å²) in [6, 6.07) is 17.8. The van der Waals surface area contributed by atoms with E-state index < -0.39 is 0 Å². The number of ether oxygens (including phenoxy) is 2. The molecule has 0 radical (unpaired) electrons. The van der Waals surface area contributed by atoms with Crippen LogP contribution in [-0.4, -0.2) is 62.6 Å². The molecule has 2 aromatic heterocycles. The van der Waals surface area contributed by atoms with Gasteiger partial charge in [-0.05, 0) is 61.1 Å². The van der Waals surface area contributed by atoms with Gasteiger partial charge in [-0.15, -0.1) is 0 Å². The maximum absolute atomic E-state index is 13.6. The van der Waals surface area contributed by atoms with Crippen LogP contribution in [-0.2, 0) is 5.41 Å². The molecule has 3 heterocycles. The van der Waals surface area contributed by atoms with Crippen molar-refractivity contribution in [2.75, 3.05) is 31.6 Å². The zero-order chi connectivity index (χ0) is 34.7. The fourth-order valence-corrected chi connectivity index (χ4v) is 6.40. The molecule has 1 fully saturated rings. The molecule has 2 aromatic carbocycles. The van der Waals surface area contributed by atoms with E-state index in [1.54, 1.807) is 45.8 Å². The number of aliphatic hydroxyl groups excluding tert-OH is 1. The van der Waals surface area contributed by atoms with E-state index in [1.165, 1.54) is 0 Å². The van der Waals surface area contributed by atoms with Crippen LogP contribution < -0.4 is 25.6 Å². The number of urea groups is 1. The maximum Gasteiger partial charge on any atom is 0.320 e. The number of pyridine rings is 1. The second-order valence-electron chi connectivity index (χ2n) is 13.4. The maximum atomic E-state index is 13.6. The Morgan fingerprint density at radius 1 is 1.06 bits per heavy atom. The van der Waals surface area contributed by atoms with Crippen LogP contribution in [0.4, 0.5) is 10.6 Å². The Labute approximate surface area is 290 Å². The summed E-state index contributed by atoms with van der Waals surface area (Å²) in [5.74, 6) is 1.75. The van der Waals surface area contributed by atoms with Crippen LogP contribution in [0.2, 0.25) is 5.02 Å². The average molecular weight is 687 g/mol. The van der Waals surface area contributed by atoms with Crippen molar-refractivity contribution in [3.05, 3.63) is 94.2 Å². The smallest absolute Gasteiger partial charge is 0.320 e. The summed E-state index contributed by atoms with van der Waals surface area (Å²) in [6.45, 7) is 7.74. The highest BCUT2D eigenvalue weighted by Crippen LogP contribution is 2.39. The number of benzene rings is 2. The van der Waals surface area contributed by atoms with Gasteiger partial charge in [-0.2, -0.15) is 5.10 Å². The van der Waals surface area contributed by atoms with Crippen molar-refractivity contribution < 1.29 is 19.4 Å². The van der Waals surface area contributed by atoms with Gasteiger partial charge in [-0.25, -0.2) is 9.48 Å². The van der Waals surface area contributed by atoms with E-state index in [9.17, 15) is 9.90 Å². The molecule has 2 atom stereocenters. The van der Waals surface area contributed by atoms with Crippen LogP contribution in [0.25, 0.3) is 5.69 Å². The molecule has 0 bridgehead atoms. The topological polar surface area (TPSA) is 154 Å². The number of halogens is 1. The lowest BCUT2D eigenvalue weighted by Gasteiger charge is -2.32. The summed E-state index contributed by atoms with van der Waals surface area (Å²) in [7, 11) is 0. The minimum absolute atomic E-state index is 0.0959. The lowest BCUT2D eigenvalue weighted by Crippen LogP contribution is -2.38.